The first-order chi connectivity index (χ1) is 14.3. The number of esters is 1. The van der Waals surface area contributed by atoms with Crippen molar-refractivity contribution in [1.82, 2.24) is 16.0 Å². The molecule has 4 aliphatic carbocycles. The summed E-state index contributed by atoms with van der Waals surface area (Å²) < 4.78 is 24.5. The van der Waals surface area contributed by atoms with Crippen LogP contribution in [-0.4, -0.2) is 73.0 Å². The number of rotatable bonds is 8. The van der Waals surface area contributed by atoms with E-state index in [0.717, 1.165) is 32.2 Å². The molecule has 30 heavy (non-hydrogen) atoms. The zero-order chi connectivity index (χ0) is 21.4. The zero-order valence-corrected chi connectivity index (χ0v) is 18.3. The van der Waals surface area contributed by atoms with Crippen molar-refractivity contribution >= 4 is 23.5 Å². The van der Waals surface area contributed by atoms with E-state index in [2.05, 4.69) is 16.0 Å². The van der Waals surface area contributed by atoms with Gasteiger partial charge in [0.1, 0.15) is 12.8 Å². The average molecular weight is 446 g/mol. The number of alkyl halides is 2. The summed E-state index contributed by atoms with van der Waals surface area (Å²) in [6, 6.07) is 0.233. The maximum atomic E-state index is 13.7. The SMILES string of the molecule is CCOC(=O)C1CNCC(NC23CC(NC(=O)COC4CCC(Cl)C(F)C4)(C2)C3)C1. The standard InChI is InChI=1S/C21H33ClFN3O4/c1-2-29-19(28)13-5-14(8-24-7-13)25-20-10-21(11-20,12-20)26-18(27)9-30-15-3-4-16(22)17(23)6-15/h13-17,24-25H,2-12H2,1H3,(H,26,27). The van der Waals surface area contributed by atoms with E-state index in [1.165, 1.54) is 0 Å². The van der Waals surface area contributed by atoms with Gasteiger partial charge in [-0.1, -0.05) is 0 Å². The first kappa shape index (κ1) is 22.2. The Morgan fingerprint density at radius 2 is 1.93 bits per heavy atom. The Labute approximate surface area is 182 Å². The van der Waals surface area contributed by atoms with Crippen molar-refractivity contribution in [2.45, 2.75) is 86.6 Å². The van der Waals surface area contributed by atoms with Crippen molar-refractivity contribution in [3.8, 4) is 0 Å². The fourth-order valence-electron chi connectivity index (χ4n) is 5.72. The number of piperidine rings is 1. The largest absolute Gasteiger partial charge is 0.466 e. The lowest BCUT2D eigenvalue weighted by Gasteiger charge is -2.71. The Morgan fingerprint density at radius 1 is 1.17 bits per heavy atom. The first-order valence-corrected chi connectivity index (χ1v) is 11.6. The predicted octanol–water partition coefficient (Wildman–Crippen LogP) is 1.42. The van der Waals surface area contributed by atoms with Crippen LogP contribution < -0.4 is 16.0 Å². The Morgan fingerprint density at radius 3 is 2.63 bits per heavy atom. The van der Waals surface area contributed by atoms with Crippen LogP contribution in [0.3, 0.4) is 0 Å². The van der Waals surface area contributed by atoms with Crippen LogP contribution in [0.4, 0.5) is 4.39 Å². The van der Waals surface area contributed by atoms with Crippen molar-refractivity contribution in [2.75, 3.05) is 26.3 Å². The number of nitrogens with one attached hydrogen (secondary N) is 3. The summed E-state index contributed by atoms with van der Waals surface area (Å²) in [5, 5.41) is 9.71. The van der Waals surface area contributed by atoms with Gasteiger partial charge in [-0.05, 0) is 45.4 Å². The smallest absolute Gasteiger partial charge is 0.310 e. The molecule has 170 valence electrons. The molecule has 3 N–H and O–H groups in total. The van der Waals surface area contributed by atoms with E-state index in [1.807, 2.05) is 6.92 Å². The van der Waals surface area contributed by atoms with Crippen molar-refractivity contribution in [3.63, 3.8) is 0 Å². The zero-order valence-electron chi connectivity index (χ0n) is 17.6. The molecule has 4 saturated carbocycles. The molecular weight excluding hydrogens is 413 g/mol. The topological polar surface area (TPSA) is 88.7 Å². The number of amides is 1. The summed E-state index contributed by atoms with van der Waals surface area (Å²) in [4.78, 5) is 24.3. The third-order valence-electron chi connectivity index (χ3n) is 7.01. The number of carbonyl (C=O) groups excluding carboxylic acids is 2. The van der Waals surface area contributed by atoms with Gasteiger partial charge in [0, 0.05) is 36.6 Å². The normalized spacial score (nSPS) is 42.6. The minimum atomic E-state index is -1.06. The highest BCUT2D eigenvalue weighted by Gasteiger charge is 2.68. The quantitative estimate of drug-likeness (QED) is 0.387. The minimum Gasteiger partial charge on any atom is -0.466 e. The van der Waals surface area contributed by atoms with Gasteiger partial charge in [-0.15, -0.1) is 11.6 Å². The van der Waals surface area contributed by atoms with Crippen LogP contribution in [0.2, 0.25) is 0 Å². The summed E-state index contributed by atoms with van der Waals surface area (Å²) in [7, 11) is 0. The molecule has 2 bridgehead atoms. The van der Waals surface area contributed by atoms with Gasteiger partial charge in [0.05, 0.1) is 24.0 Å². The number of hydrogen-bond acceptors (Lipinski definition) is 6. The van der Waals surface area contributed by atoms with Crippen LogP contribution in [0.5, 0.6) is 0 Å². The predicted molar refractivity (Wildman–Crippen MR) is 110 cm³/mol. The second kappa shape index (κ2) is 8.88. The molecule has 9 heteroatoms. The third-order valence-corrected chi connectivity index (χ3v) is 7.50. The molecule has 0 spiro atoms. The van der Waals surface area contributed by atoms with Gasteiger partial charge in [0.25, 0.3) is 0 Å². The molecule has 5 fully saturated rings. The molecular formula is C21H33ClFN3O4. The Balaban J connectivity index is 1.15. The van der Waals surface area contributed by atoms with Crippen LogP contribution in [0.1, 0.15) is 51.9 Å². The van der Waals surface area contributed by atoms with Gasteiger partial charge in [0.15, 0.2) is 0 Å². The molecule has 1 saturated heterocycles. The molecule has 1 heterocycles. The van der Waals surface area contributed by atoms with E-state index < -0.39 is 11.5 Å². The minimum absolute atomic E-state index is 0.0275. The molecule has 0 aromatic heterocycles. The number of carbonyl (C=O) groups is 2. The molecule has 0 aromatic rings. The van der Waals surface area contributed by atoms with Gasteiger partial charge < -0.3 is 25.4 Å². The monoisotopic (exact) mass is 445 g/mol. The lowest BCUT2D eigenvalue weighted by molar-refractivity contribution is -0.153. The summed E-state index contributed by atoms with van der Waals surface area (Å²) in [5.74, 6) is -0.364. The van der Waals surface area contributed by atoms with Gasteiger partial charge in [0.2, 0.25) is 5.91 Å². The van der Waals surface area contributed by atoms with Crippen LogP contribution in [0.25, 0.3) is 0 Å². The Bertz CT molecular complexity index is 646. The summed E-state index contributed by atoms with van der Waals surface area (Å²) in [5.41, 5.74) is -0.0658. The van der Waals surface area contributed by atoms with Crippen LogP contribution >= 0.6 is 11.6 Å². The summed E-state index contributed by atoms with van der Waals surface area (Å²) in [6.07, 6.45) is 3.73. The fourth-order valence-corrected chi connectivity index (χ4v) is 5.95. The Hall–Kier alpha value is -0.960. The average Bonchev–Trinajstić information content (AvgIpc) is 2.67. The molecule has 1 amide bonds. The van der Waals surface area contributed by atoms with E-state index in [0.29, 0.717) is 26.0 Å². The third kappa shape index (κ3) is 4.76. The fraction of sp³-hybridized carbons (Fsp3) is 0.905. The van der Waals surface area contributed by atoms with Crippen LogP contribution in [0, 0.1) is 5.92 Å². The van der Waals surface area contributed by atoms with Crippen molar-refractivity contribution in [3.05, 3.63) is 0 Å². The van der Waals surface area contributed by atoms with Crippen LogP contribution in [0.15, 0.2) is 0 Å². The number of hydrogen-bond donors (Lipinski definition) is 3. The van der Waals surface area contributed by atoms with Crippen LogP contribution in [-0.2, 0) is 19.1 Å². The van der Waals surface area contributed by atoms with Crippen molar-refractivity contribution < 1.29 is 23.5 Å². The van der Waals surface area contributed by atoms with Crippen molar-refractivity contribution in [1.29, 1.82) is 0 Å². The molecule has 5 unspecified atom stereocenters. The maximum Gasteiger partial charge on any atom is 0.310 e. The van der Waals surface area contributed by atoms with E-state index in [-0.39, 0.29) is 54.0 Å². The van der Waals surface area contributed by atoms with E-state index in [1.54, 1.807) is 0 Å². The molecule has 0 aromatic carbocycles. The van der Waals surface area contributed by atoms with E-state index >= 15 is 0 Å². The number of halogens is 2. The number of ether oxygens (including phenoxy) is 2. The first-order valence-electron chi connectivity index (χ1n) is 11.2. The molecule has 7 nitrogen and oxygen atoms in total. The Kier molecular flexibility index (Phi) is 6.59. The highest BCUT2D eigenvalue weighted by molar-refractivity contribution is 6.21. The molecule has 5 atom stereocenters. The van der Waals surface area contributed by atoms with E-state index in [9.17, 15) is 14.0 Å². The van der Waals surface area contributed by atoms with Gasteiger partial charge in [-0.25, -0.2) is 4.39 Å². The maximum absolute atomic E-state index is 13.7. The summed E-state index contributed by atoms with van der Waals surface area (Å²) >= 11 is 5.89. The molecule has 0 radical (unpaired) electrons. The lowest BCUT2D eigenvalue weighted by Crippen LogP contribution is -2.84. The van der Waals surface area contributed by atoms with Gasteiger partial charge in [-0.3, -0.25) is 9.59 Å². The highest BCUT2D eigenvalue weighted by Crippen LogP contribution is 2.60. The van der Waals surface area contributed by atoms with Gasteiger partial charge >= 0.3 is 5.97 Å². The second-order valence-electron chi connectivity index (χ2n) is 9.60. The highest BCUT2D eigenvalue weighted by atomic mass is 35.5. The molecule has 1 aliphatic heterocycles. The second-order valence-corrected chi connectivity index (χ2v) is 10.2. The molecule has 5 aliphatic rings. The molecule has 5 rings (SSSR count). The van der Waals surface area contributed by atoms with Gasteiger partial charge in [-0.2, -0.15) is 0 Å². The summed E-state index contributed by atoms with van der Waals surface area (Å²) in [6.45, 7) is 3.71. The lowest BCUT2D eigenvalue weighted by atomic mass is 9.44. The van der Waals surface area contributed by atoms with E-state index in [4.69, 9.17) is 21.1 Å². The van der Waals surface area contributed by atoms with Crippen molar-refractivity contribution in [2.24, 2.45) is 5.92 Å².